The number of piperidine rings is 1. The van der Waals surface area contributed by atoms with Crippen molar-refractivity contribution < 1.29 is 40.7 Å². The van der Waals surface area contributed by atoms with Gasteiger partial charge in [0.05, 0.1) is 16.7 Å². The standard InChI is InChI=1S/C30H33Cl2F6N3O3/c1-27(2,3)44-26(43)41-9-6-24(23(16-41)17-10-21(31)15-22(32)11-17)39(4)25(42)40(5)28(7-8-28)18-12-19(29(33,34)35)14-20(13-18)30(36,37)38/h10-15,23-24H,6-9,16H2,1-5H3/t23-,24+/m0/s1. The fraction of sp³-hybridized carbons (Fsp3) is 0.533. The Kier molecular flexibility index (Phi) is 9.14. The van der Waals surface area contributed by atoms with Crippen molar-refractivity contribution in [3.8, 4) is 0 Å². The summed E-state index contributed by atoms with van der Waals surface area (Å²) in [5.41, 5.74) is -4.55. The molecule has 1 saturated carbocycles. The Morgan fingerprint density at radius 3 is 1.86 bits per heavy atom. The molecule has 1 saturated heterocycles. The fourth-order valence-electron chi connectivity index (χ4n) is 5.73. The summed E-state index contributed by atoms with van der Waals surface area (Å²) < 4.78 is 87.2. The third-order valence-electron chi connectivity index (χ3n) is 8.12. The summed E-state index contributed by atoms with van der Waals surface area (Å²) >= 11 is 12.6. The highest BCUT2D eigenvalue weighted by molar-refractivity contribution is 6.34. The van der Waals surface area contributed by atoms with Crippen molar-refractivity contribution in [2.45, 2.75) is 75.5 Å². The summed E-state index contributed by atoms with van der Waals surface area (Å²) in [7, 11) is 2.90. The maximum absolute atomic E-state index is 13.9. The number of carbonyl (C=O) groups excluding carboxylic acids is 2. The predicted molar refractivity (Wildman–Crippen MR) is 154 cm³/mol. The summed E-state index contributed by atoms with van der Waals surface area (Å²) in [4.78, 5) is 31.0. The van der Waals surface area contributed by atoms with Crippen LogP contribution < -0.4 is 0 Å². The van der Waals surface area contributed by atoms with Crippen LogP contribution in [-0.4, -0.2) is 65.7 Å². The Morgan fingerprint density at radius 2 is 1.41 bits per heavy atom. The quantitative estimate of drug-likeness (QED) is 0.306. The van der Waals surface area contributed by atoms with Crippen LogP contribution in [0.15, 0.2) is 36.4 Å². The van der Waals surface area contributed by atoms with Crippen LogP contribution in [0.2, 0.25) is 10.0 Å². The number of ether oxygens (including phenoxy) is 1. The molecule has 242 valence electrons. The molecule has 1 aliphatic heterocycles. The molecule has 0 unspecified atom stereocenters. The normalized spacial score (nSPS) is 20.2. The van der Waals surface area contributed by atoms with Crippen LogP contribution in [0.25, 0.3) is 0 Å². The number of benzene rings is 2. The molecule has 6 nitrogen and oxygen atoms in total. The van der Waals surface area contributed by atoms with E-state index in [1.165, 1.54) is 28.8 Å². The number of hydrogen-bond acceptors (Lipinski definition) is 3. The predicted octanol–water partition coefficient (Wildman–Crippen LogP) is 8.80. The molecule has 4 rings (SSSR count). The molecule has 2 aromatic rings. The maximum atomic E-state index is 13.9. The highest BCUT2D eigenvalue weighted by Crippen LogP contribution is 2.53. The minimum atomic E-state index is -5.01. The summed E-state index contributed by atoms with van der Waals surface area (Å²) in [5.74, 6) is -0.490. The molecular weight excluding hydrogens is 635 g/mol. The van der Waals surface area contributed by atoms with Gasteiger partial charge in [-0.1, -0.05) is 23.2 Å². The number of halogens is 8. The molecule has 1 aliphatic carbocycles. The van der Waals surface area contributed by atoms with E-state index in [9.17, 15) is 35.9 Å². The highest BCUT2D eigenvalue weighted by atomic mass is 35.5. The lowest BCUT2D eigenvalue weighted by atomic mass is 9.85. The van der Waals surface area contributed by atoms with Crippen LogP contribution >= 0.6 is 23.2 Å². The molecule has 1 heterocycles. The molecule has 0 radical (unpaired) electrons. The number of urea groups is 1. The van der Waals surface area contributed by atoms with Crippen LogP contribution in [0.4, 0.5) is 35.9 Å². The Hall–Kier alpha value is -2.86. The molecule has 0 aromatic heterocycles. The Bertz CT molecular complexity index is 1370. The first kappa shape index (κ1) is 34.0. The van der Waals surface area contributed by atoms with Gasteiger partial charge in [-0.3, -0.25) is 0 Å². The second-order valence-corrected chi connectivity index (χ2v) is 13.2. The van der Waals surface area contributed by atoms with Gasteiger partial charge in [-0.05, 0) is 87.6 Å². The van der Waals surface area contributed by atoms with E-state index in [0.29, 0.717) is 34.2 Å². The van der Waals surface area contributed by atoms with Gasteiger partial charge >= 0.3 is 24.5 Å². The fourth-order valence-corrected chi connectivity index (χ4v) is 6.28. The number of alkyl halides is 6. The average molecular weight is 669 g/mol. The van der Waals surface area contributed by atoms with Gasteiger partial charge in [0.15, 0.2) is 0 Å². The van der Waals surface area contributed by atoms with Gasteiger partial charge in [0, 0.05) is 49.2 Å². The lowest BCUT2D eigenvalue weighted by molar-refractivity contribution is -0.143. The van der Waals surface area contributed by atoms with Crippen molar-refractivity contribution in [3.05, 3.63) is 68.7 Å². The molecule has 0 bridgehead atoms. The van der Waals surface area contributed by atoms with Crippen molar-refractivity contribution >= 4 is 35.3 Å². The zero-order valence-electron chi connectivity index (χ0n) is 24.7. The van der Waals surface area contributed by atoms with Gasteiger partial charge in [-0.15, -0.1) is 0 Å². The lowest BCUT2D eigenvalue weighted by Crippen LogP contribution is -2.55. The smallest absolute Gasteiger partial charge is 0.416 e. The number of likely N-dealkylation sites (tertiary alicyclic amines) is 1. The largest absolute Gasteiger partial charge is 0.444 e. The zero-order chi connectivity index (χ0) is 33.0. The maximum Gasteiger partial charge on any atom is 0.416 e. The van der Waals surface area contributed by atoms with Gasteiger partial charge in [0.25, 0.3) is 0 Å². The minimum Gasteiger partial charge on any atom is -0.444 e. The van der Waals surface area contributed by atoms with Crippen molar-refractivity contribution in [2.75, 3.05) is 27.2 Å². The van der Waals surface area contributed by atoms with E-state index in [0.717, 1.165) is 0 Å². The molecular formula is C30H33Cl2F6N3O3. The molecule has 0 spiro atoms. The SMILES string of the molecule is CN(C(=O)N(C)C1(c2cc(C(F)(F)F)cc(C(F)(F)F)c2)CC1)[C@@H]1CCN(C(=O)OC(C)(C)C)C[C@H]1c1cc(Cl)cc(Cl)c1. The Balaban J connectivity index is 1.66. The van der Waals surface area contributed by atoms with Crippen LogP contribution in [0, 0.1) is 0 Å². The monoisotopic (exact) mass is 667 g/mol. The molecule has 2 fully saturated rings. The van der Waals surface area contributed by atoms with Gasteiger partial charge < -0.3 is 19.4 Å². The highest BCUT2D eigenvalue weighted by Gasteiger charge is 2.53. The molecule has 0 N–H and O–H groups in total. The lowest BCUT2D eigenvalue weighted by Gasteiger charge is -2.44. The van der Waals surface area contributed by atoms with Gasteiger partial charge in [0.2, 0.25) is 0 Å². The summed E-state index contributed by atoms with van der Waals surface area (Å²) in [6, 6.07) is 5.21. The van der Waals surface area contributed by atoms with Crippen molar-refractivity contribution in [2.24, 2.45) is 0 Å². The average Bonchev–Trinajstić information content (AvgIpc) is 3.71. The zero-order valence-corrected chi connectivity index (χ0v) is 26.3. The number of rotatable bonds is 4. The second-order valence-electron chi connectivity index (χ2n) is 12.4. The van der Waals surface area contributed by atoms with E-state index in [4.69, 9.17) is 27.9 Å². The summed E-state index contributed by atoms with van der Waals surface area (Å²) in [6.07, 6.45) is -9.89. The first-order chi connectivity index (χ1) is 20.1. The van der Waals surface area contributed by atoms with E-state index >= 15 is 0 Å². The van der Waals surface area contributed by atoms with Crippen molar-refractivity contribution in [1.29, 1.82) is 0 Å². The third kappa shape index (κ3) is 7.33. The number of carbonyl (C=O) groups is 2. The van der Waals surface area contributed by atoms with E-state index in [1.807, 2.05) is 0 Å². The number of amides is 3. The van der Waals surface area contributed by atoms with Crippen LogP contribution in [0.1, 0.15) is 68.2 Å². The number of nitrogens with zero attached hydrogens (tertiary/aromatic N) is 3. The topological polar surface area (TPSA) is 53.1 Å². The molecule has 14 heteroatoms. The van der Waals surface area contributed by atoms with Crippen LogP contribution in [-0.2, 0) is 22.6 Å². The van der Waals surface area contributed by atoms with Gasteiger partial charge in [-0.2, -0.15) is 26.3 Å². The number of hydrogen-bond donors (Lipinski definition) is 0. The minimum absolute atomic E-state index is 0.0761. The van der Waals surface area contributed by atoms with Crippen LogP contribution in [0.5, 0.6) is 0 Å². The van der Waals surface area contributed by atoms with Gasteiger partial charge in [-0.25, -0.2) is 9.59 Å². The van der Waals surface area contributed by atoms with Crippen LogP contribution in [0.3, 0.4) is 0 Å². The summed E-state index contributed by atoms with van der Waals surface area (Å²) in [6.45, 7) is 5.60. The molecule has 2 atom stereocenters. The third-order valence-corrected chi connectivity index (χ3v) is 8.55. The first-order valence-corrected chi connectivity index (χ1v) is 14.6. The van der Waals surface area contributed by atoms with Gasteiger partial charge in [0.1, 0.15) is 5.60 Å². The molecule has 44 heavy (non-hydrogen) atoms. The molecule has 3 amide bonds. The number of likely N-dealkylation sites (N-methyl/N-ethyl adjacent to an activating group) is 1. The van der Waals surface area contributed by atoms with E-state index in [1.54, 1.807) is 39.0 Å². The van der Waals surface area contributed by atoms with E-state index in [-0.39, 0.29) is 37.6 Å². The first-order valence-electron chi connectivity index (χ1n) is 13.9. The Labute approximate surface area is 261 Å². The van der Waals surface area contributed by atoms with Crippen molar-refractivity contribution in [3.63, 3.8) is 0 Å². The summed E-state index contributed by atoms with van der Waals surface area (Å²) in [5, 5.41) is 0.683. The molecule has 2 aromatic carbocycles. The Morgan fingerprint density at radius 1 is 0.886 bits per heavy atom. The van der Waals surface area contributed by atoms with E-state index in [2.05, 4.69) is 0 Å². The van der Waals surface area contributed by atoms with Crippen molar-refractivity contribution in [1.82, 2.24) is 14.7 Å². The molecule has 2 aliphatic rings. The second kappa shape index (κ2) is 11.8. The van der Waals surface area contributed by atoms with E-state index < -0.39 is 58.7 Å².